The quantitative estimate of drug-likeness (QED) is 0.0482. The molecule has 0 bridgehead atoms. The van der Waals surface area contributed by atoms with E-state index in [1.165, 1.54) is 4.57 Å². The molecule has 0 saturated carbocycles. The smallest absolute Gasteiger partial charge is 0.323 e. The van der Waals surface area contributed by atoms with Gasteiger partial charge in [0.15, 0.2) is 0 Å². The molecule has 2 aliphatic heterocycles. The fourth-order valence-corrected chi connectivity index (χ4v) is 10.2. The number of fused-ring (bicyclic) bond motifs is 1. The number of carboxylic acid groups (broad SMARTS) is 2. The number of hydrogen-bond donors (Lipinski definition) is 3. The Bertz CT molecular complexity index is 2390. The number of aliphatic hydroxyl groups is 1. The Morgan fingerprint density at radius 3 is 1.98 bits per heavy atom. The first-order valence-corrected chi connectivity index (χ1v) is 22.3. The Balaban J connectivity index is 1.15. The third-order valence-electron chi connectivity index (χ3n) is 11.0. The molecule has 1 aromatic heterocycles. The molecular formula is C46H51N3O7S3. The lowest BCUT2D eigenvalue weighted by atomic mass is 9.96. The number of carbonyl (C=O) groups is 3. The summed E-state index contributed by atoms with van der Waals surface area (Å²) in [6.07, 6.45) is 14.9. The van der Waals surface area contributed by atoms with Gasteiger partial charge >= 0.3 is 11.9 Å². The second-order valence-electron chi connectivity index (χ2n) is 15.2. The van der Waals surface area contributed by atoms with E-state index in [1.54, 1.807) is 11.0 Å². The maximum Gasteiger partial charge on any atom is 0.323 e. The molecular weight excluding hydrogens is 803 g/mol. The molecule has 1 fully saturated rings. The van der Waals surface area contributed by atoms with Crippen molar-refractivity contribution in [1.82, 2.24) is 9.47 Å². The van der Waals surface area contributed by atoms with Crippen molar-refractivity contribution >= 4 is 92.0 Å². The first kappa shape index (κ1) is 43.8. The van der Waals surface area contributed by atoms with Gasteiger partial charge in [0, 0.05) is 36.3 Å². The predicted octanol–water partition coefficient (Wildman–Crippen LogP) is 8.08. The number of aromatic nitrogens is 1. The maximum absolute atomic E-state index is 13.8. The summed E-state index contributed by atoms with van der Waals surface area (Å²) in [6.45, 7) is 4.31. The van der Waals surface area contributed by atoms with Crippen LogP contribution in [0.5, 0.6) is 0 Å². The van der Waals surface area contributed by atoms with E-state index in [2.05, 4.69) is 67.3 Å². The predicted molar refractivity (Wildman–Crippen MR) is 242 cm³/mol. The number of anilines is 2. The molecule has 3 aromatic carbocycles. The number of aliphatic hydroxyl groups excluding tert-OH is 1. The standard InChI is InChI=1S/C46H51N3O7S3/c1-30-31(2)49(36-22-19-33(20-23-36)14-13-32-15-17-34(29-50)18-16-32)38-24-21-35(26-37(30)38)27-39-43(55)48(28-41(53)54)45(58-39)42-44(56)47(46(57)59-42)25-11-9-7-5-3-4-6-8-10-12-40(51)52/h13-24,26-27,30-31,50H,3-12,25,28-29H2,1-2H3,(H,51,52)(H,53,54)/b14-13?,39-27-,45-42+. The average Bonchev–Trinajstić information content (AvgIpc) is 3.77. The first-order chi connectivity index (χ1) is 28.4. The zero-order chi connectivity index (χ0) is 42.1. The van der Waals surface area contributed by atoms with Gasteiger partial charge in [-0.3, -0.25) is 28.6 Å². The maximum atomic E-state index is 13.8. The van der Waals surface area contributed by atoms with Crippen molar-refractivity contribution < 1.29 is 29.7 Å². The first-order valence-electron chi connectivity index (χ1n) is 20.3. The zero-order valence-corrected chi connectivity index (χ0v) is 35.9. The van der Waals surface area contributed by atoms with Crippen molar-refractivity contribution in [2.24, 2.45) is 0 Å². The van der Waals surface area contributed by atoms with E-state index in [-0.39, 0.29) is 35.8 Å². The third-order valence-corrected chi connectivity index (χ3v) is 13.7. The molecule has 2 aliphatic rings. The second kappa shape index (κ2) is 20.4. The molecule has 1 amide bonds. The molecule has 13 heteroatoms. The molecule has 3 N–H and O–H groups in total. The lowest BCUT2D eigenvalue weighted by Gasteiger charge is -2.26. The lowest BCUT2D eigenvalue weighted by Crippen LogP contribution is -2.35. The fraction of sp³-hybridized carbons (Fsp3) is 0.370. The van der Waals surface area contributed by atoms with E-state index >= 15 is 0 Å². The van der Waals surface area contributed by atoms with Gasteiger partial charge in [0.25, 0.3) is 11.5 Å². The minimum Gasteiger partial charge on any atom is -0.481 e. The van der Waals surface area contributed by atoms with E-state index < -0.39 is 24.0 Å². The molecule has 310 valence electrons. The number of benzene rings is 3. The second-order valence-corrected chi connectivity index (χ2v) is 17.9. The minimum absolute atomic E-state index is 0.0238. The summed E-state index contributed by atoms with van der Waals surface area (Å²) in [5.41, 5.74) is 6.67. The molecule has 0 aliphatic carbocycles. The van der Waals surface area contributed by atoms with E-state index in [9.17, 15) is 29.4 Å². The van der Waals surface area contributed by atoms with Gasteiger partial charge in [0.05, 0.1) is 11.1 Å². The van der Waals surface area contributed by atoms with Crippen LogP contribution in [0.3, 0.4) is 0 Å². The highest BCUT2D eigenvalue weighted by atomic mass is 32.2. The SMILES string of the molecule is CC1c2cc(/C=c3\s/c(=C4/SC(=S)N(CCCCCCCCCCCC(=O)O)C4=O)n(CC(=O)O)c3=O)ccc2N(c2ccc(C=Cc3ccc(CO)cc3)cc2)C1C. The lowest BCUT2D eigenvalue weighted by molar-refractivity contribution is -0.138. The van der Waals surface area contributed by atoms with E-state index in [0.717, 1.165) is 120 Å². The van der Waals surface area contributed by atoms with Gasteiger partial charge in [-0.1, -0.05) is 130 Å². The Hall–Kier alpha value is -4.82. The summed E-state index contributed by atoms with van der Waals surface area (Å²) >= 11 is 7.84. The van der Waals surface area contributed by atoms with Gasteiger partial charge in [0.2, 0.25) is 0 Å². The van der Waals surface area contributed by atoms with Crippen LogP contribution in [0.25, 0.3) is 23.1 Å². The highest BCUT2D eigenvalue weighted by Crippen LogP contribution is 2.45. The monoisotopic (exact) mass is 853 g/mol. The van der Waals surface area contributed by atoms with Gasteiger partial charge < -0.3 is 20.2 Å². The molecule has 0 radical (unpaired) electrons. The van der Waals surface area contributed by atoms with Crippen molar-refractivity contribution in [3.63, 3.8) is 0 Å². The van der Waals surface area contributed by atoms with Crippen LogP contribution >= 0.6 is 35.3 Å². The molecule has 4 aromatic rings. The number of nitrogens with zero attached hydrogens (tertiary/aromatic N) is 3. The number of thiazole rings is 1. The number of carboxylic acids is 2. The summed E-state index contributed by atoms with van der Waals surface area (Å²) in [7, 11) is 0. The Kier molecular flexibility index (Phi) is 15.2. The third kappa shape index (κ3) is 10.9. The van der Waals surface area contributed by atoms with E-state index in [0.29, 0.717) is 20.1 Å². The van der Waals surface area contributed by atoms with Crippen LogP contribution in [-0.2, 0) is 27.5 Å². The summed E-state index contributed by atoms with van der Waals surface area (Å²) < 4.78 is 2.23. The van der Waals surface area contributed by atoms with Crippen LogP contribution in [0, 0.1) is 0 Å². The number of amides is 1. The Labute approximate surface area is 358 Å². The highest BCUT2D eigenvalue weighted by Gasteiger charge is 2.35. The molecule has 2 atom stereocenters. The van der Waals surface area contributed by atoms with Gasteiger partial charge in [-0.15, -0.1) is 11.3 Å². The number of thiocarbonyl (C=S) groups is 1. The highest BCUT2D eigenvalue weighted by molar-refractivity contribution is 8.30. The van der Waals surface area contributed by atoms with Gasteiger partial charge in [0.1, 0.15) is 20.4 Å². The van der Waals surface area contributed by atoms with Crippen molar-refractivity contribution in [2.75, 3.05) is 11.4 Å². The Morgan fingerprint density at radius 1 is 0.780 bits per heavy atom. The average molecular weight is 854 g/mol. The molecule has 59 heavy (non-hydrogen) atoms. The molecule has 2 unspecified atom stereocenters. The van der Waals surface area contributed by atoms with Gasteiger partial charge in [-0.05, 0) is 77.9 Å². The fourth-order valence-electron chi connectivity index (χ4n) is 7.62. The number of aliphatic carboxylic acids is 2. The summed E-state index contributed by atoms with van der Waals surface area (Å²) in [5, 5.41) is 27.8. The summed E-state index contributed by atoms with van der Waals surface area (Å²) in [4.78, 5) is 54.2. The summed E-state index contributed by atoms with van der Waals surface area (Å²) in [5.74, 6) is -2.02. The number of thioether (sulfide) groups is 1. The largest absolute Gasteiger partial charge is 0.481 e. The molecule has 1 saturated heterocycles. The number of unbranched alkanes of at least 4 members (excludes halogenated alkanes) is 8. The van der Waals surface area contributed by atoms with Crippen molar-refractivity contribution in [2.45, 2.75) is 103 Å². The van der Waals surface area contributed by atoms with Crippen LogP contribution in [0.2, 0.25) is 0 Å². The van der Waals surface area contributed by atoms with Crippen molar-refractivity contribution in [1.29, 1.82) is 0 Å². The minimum atomic E-state index is -1.17. The molecule has 10 nitrogen and oxygen atoms in total. The topological polar surface area (TPSA) is 140 Å². The molecule has 3 heterocycles. The normalized spacial score (nSPS) is 17.8. The number of rotatable bonds is 19. The van der Waals surface area contributed by atoms with E-state index in [4.69, 9.17) is 17.3 Å². The van der Waals surface area contributed by atoms with Crippen molar-refractivity contribution in [3.8, 4) is 0 Å². The van der Waals surface area contributed by atoms with Gasteiger partial charge in [-0.2, -0.15) is 0 Å². The van der Waals surface area contributed by atoms with Crippen LogP contribution in [0.4, 0.5) is 11.4 Å². The number of carbonyl (C=O) groups excluding carboxylic acids is 1. The van der Waals surface area contributed by atoms with Gasteiger partial charge in [-0.25, -0.2) is 0 Å². The Morgan fingerprint density at radius 2 is 1.37 bits per heavy atom. The van der Waals surface area contributed by atoms with Crippen LogP contribution in [0.15, 0.2) is 71.5 Å². The molecule has 6 rings (SSSR count). The van der Waals surface area contributed by atoms with E-state index in [1.807, 2.05) is 30.3 Å². The number of hydrogen-bond acceptors (Lipinski definition) is 9. The van der Waals surface area contributed by atoms with Crippen LogP contribution < -0.4 is 19.7 Å². The van der Waals surface area contributed by atoms with Crippen LogP contribution in [-0.4, -0.2) is 59.5 Å². The zero-order valence-electron chi connectivity index (χ0n) is 33.5. The molecule has 0 spiro atoms. The summed E-state index contributed by atoms with van der Waals surface area (Å²) in [6, 6.07) is 22.6. The van der Waals surface area contributed by atoms with Crippen molar-refractivity contribution in [3.05, 3.63) is 114 Å². The van der Waals surface area contributed by atoms with Crippen LogP contribution in [0.1, 0.15) is 112 Å².